The lowest BCUT2D eigenvalue weighted by Crippen LogP contribution is -2.13. The second kappa shape index (κ2) is 8.27. The van der Waals surface area contributed by atoms with Crippen LogP contribution in [0, 0.1) is 0 Å². The highest BCUT2D eigenvalue weighted by Crippen LogP contribution is 2.20. The number of nitrogens with one attached hydrogen (secondary N) is 1. The van der Waals surface area contributed by atoms with Crippen LogP contribution in [0.4, 0.5) is 0 Å². The first-order valence-electron chi connectivity index (χ1n) is 7.33. The molecule has 0 amide bonds. The van der Waals surface area contributed by atoms with Crippen LogP contribution in [0.2, 0.25) is 0 Å². The van der Waals surface area contributed by atoms with Gasteiger partial charge in [0.15, 0.2) is 0 Å². The molecule has 0 bridgehead atoms. The van der Waals surface area contributed by atoms with Gasteiger partial charge < -0.3 is 14.8 Å². The largest absolute Gasteiger partial charge is 0.494 e. The highest BCUT2D eigenvalue weighted by molar-refractivity contribution is 5.33. The summed E-state index contributed by atoms with van der Waals surface area (Å²) in [5, 5.41) is 3.27. The predicted octanol–water partition coefficient (Wildman–Crippen LogP) is 3.17. The second-order valence-corrected chi connectivity index (χ2v) is 4.60. The molecule has 1 aromatic carbocycles. The summed E-state index contributed by atoms with van der Waals surface area (Å²) < 4.78 is 11.2. The van der Waals surface area contributed by atoms with E-state index in [2.05, 4.69) is 17.2 Å². The van der Waals surface area contributed by atoms with Crippen LogP contribution in [0.1, 0.15) is 25.2 Å². The predicted molar refractivity (Wildman–Crippen MR) is 83.6 cm³/mol. The minimum Gasteiger partial charge on any atom is -0.494 e. The molecule has 4 heteroatoms. The van der Waals surface area contributed by atoms with Gasteiger partial charge in [-0.3, -0.25) is 4.98 Å². The zero-order valence-electron chi connectivity index (χ0n) is 12.6. The molecular weight excluding hydrogens is 264 g/mol. The molecule has 0 unspecified atom stereocenters. The monoisotopic (exact) mass is 286 g/mol. The first-order chi connectivity index (χ1) is 10.3. The van der Waals surface area contributed by atoms with E-state index in [0.717, 1.165) is 36.0 Å². The van der Waals surface area contributed by atoms with Crippen LogP contribution in [0.5, 0.6) is 11.5 Å². The van der Waals surface area contributed by atoms with Crippen molar-refractivity contribution in [3.63, 3.8) is 0 Å². The molecule has 0 saturated carbocycles. The van der Waals surface area contributed by atoms with Gasteiger partial charge in [-0.2, -0.15) is 0 Å². The Balaban J connectivity index is 1.94. The van der Waals surface area contributed by atoms with Gasteiger partial charge in [0.1, 0.15) is 18.1 Å². The number of nitrogens with zero attached hydrogens (tertiary/aromatic N) is 1. The van der Waals surface area contributed by atoms with E-state index in [0.29, 0.717) is 13.2 Å². The summed E-state index contributed by atoms with van der Waals surface area (Å²) >= 11 is 0. The van der Waals surface area contributed by atoms with Crippen molar-refractivity contribution >= 4 is 0 Å². The molecule has 1 heterocycles. The Labute approximate surface area is 126 Å². The number of hydrogen-bond acceptors (Lipinski definition) is 4. The molecule has 0 spiro atoms. The average Bonchev–Trinajstić information content (AvgIpc) is 2.52. The number of benzene rings is 1. The summed E-state index contributed by atoms with van der Waals surface area (Å²) in [6.07, 6.45) is 0. The maximum absolute atomic E-state index is 5.78. The summed E-state index contributed by atoms with van der Waals surface area (Å²) in [6, 6.07) is 13.7. The standard InChI is InChI=1S/C17H22N2O2/c1-3-18-12-14-7-5-8-15(19-14)13-21-17-10-6-9-16(11-17)20-4-2/h5-11,18H,3-4,12-13H2,1-2H3. The Morgan fingerprint density at radius 2 is 1.67 bits per heavy atom. The molecule has 0 atom stereocenters. The zero-order valence-corrected chi connectivity index (χ0v) is 12.6. The number of rotatable bonds is 8. The topological polar surface area (TPSA) is 43.4 Å². The Kier molecular flexibility index (Phi) is 6.03. The smallest absolute Gasteiger partial charge is 0.130 e. The van der Waals surface area contributed by atoms with Gasteiger partial charge in [0, 0.05) is 12.6 Å². The summed E-state index contributed by atoms with van der Waals surface area (Å²) in [4.78, 5) is 4.57. The molecule has 0 aliphatic rings. The van der Waals surface area contributed by atoms with Gasteiger partial charge in [0.2, 0.25) is 0 Å². The maximum atomic E-state index is 5.78. The fourth-order valence-corrected chi connectivity index (χ4v) is 1.94. The molecule has 2 rings (SSSR count). The lowest BCUT2D eigenvalue weighted by Gasteiger charge is -2.09. The molecule has 1 aromatic heterocycles. The Hall–Kier alpha value is -2.07. The summed E-state index contributed by atoms with van der Waals surface area (Å²) in [7, 11) is 0. The summed E-state index contributed by atoms with van der Waals surface area (Å²) in [6.45, 7) is 6.87. The number of hydrogen-bond donors (Lipinski definition) is 1. The molecule has 2 aromatic rings. The fraction of sp³-hybridized carbons (Fsp3) is 0.353. The SMILES string of the molecule is CCNCc1cccc(COc2cccc(OCC)c2)n1. The van der Waals surface area contributed by atoms with Crippen molar-refractivity contribution in [2.75, 3.05) is 13.2 Å². The van der Waals surface area contributed by atoms with Crippen LogP contribution in [0.25, 0.3) is 0 Å². The lowest BCUT2D eigenvalue weighted by atomic mass is 10.3. The van der Waals surface area contributed by atoms with Crippen molar-refractivity contribution in [1.82, 2.24) is 10.3 Å². The van der Waals surface area contributed by atoms with Crippen LogP contribution in [0.15, 0.2) is 42.5 Å². The van der Waals surface area contributed by atoms with Crippen molar-refractivity contribution in [3.05, 3.63) is 53.9 Å². The van der Waals surface area contributed by atoms with E-state index < -0.39 is 0 Å². The van der Waals surface area contributed by atoms with Crippen molar-refractivity contribution < 1.29 is 9.47 Å². The van der Waals surface area contributed by atoms with Crippen LogP contribution >= 0.6 is 0 Å². The van der Waals surface area contributed by atoms with Crippen molar-refractivity contribution in [2.24, 2.45) is 0 Å². The van der Waals surface area contributed by atoms with Crippen LogP contribution in [0.3, 0.4) is 0 Å². The Morgan fingerprint density at radius 3 is 2.43 bits per heavy atom. The molecule has 0 fully saturated rings. The minimum absolute atomic E-state index is 0.454. The number of ether oxygens (including phenoxy) is 2. The first kappa shape index (κ1) is 15.3. The van der Waals surface area contributed by atoms with E-state index in [4.69, 9.17) is 9.47 Å². The van der Waals surface area contributed by atoms with Gasteiger partial charge in [0.05, 0.1) is 18.0 Å². The third-order valence-electron chi connectivity index (χ3n) is 2.92. The van der Waals surface area contributed by atoms with Gasteiger partial charge >= 0.3 is 0 Å². The Morgan fingerprint density at radius 1 is 0.952 bits per heavy atom. The van der Waals surface area contributed by atoms with Gasteiger partial charge in [-0.1, -0.05) is 19.1 Å². The average molecular weight is 286 g/mol. The molecular formula is C17H22N2O2. The first-order valence-corrected chi connectivity index (χ1v) is 7.33. The van der Waals surface area contributed by atoms with E-state index in [-0.39, 0.29) is 0 Å². The molecule has 0 aliphatic heterocycles. The van der Waals surface area contributed by atoms with Crippen LogP contribution < -0.4 is 14.8 Å². The van der Waals surface area contributed by atoms with Crippen molar-refractivity contribution in [2.45, 2.75) is 27.0 Å². The third-order valence-corrected chi connectivity index (χ3v) is 2.92. The molecule has 112 valence electrons. The summed E-state index contributed by atoms with van der Waals surface area (Å²) in [5.74, 6) is 1.61. The second-order valence-electron chi connectivity index (χ2n) is 4.60. The highest BCUT2D eigenvalue weighted by Gasteiger charge is 2.01. The molecule has 1 N–H and O–H groups in total. The summed E-state index contributed by atoms with van der Waals surface area (Å²) in [5.41, 5.74) is 1.95. The minimum atomic E-state index is 0.454. The molecule has 0 radical (unpaired) electrons. The highest BCUT2D eigenvalue weighted by atomic mass is 16.5. The van der Waals surface area contributed by atoms with Gasteiger partial charge in [0.25, 0.3) is 0 Å². The van der Waals surface area contributed by atoms with Crippen molar-refractivity contribution in [3.8, 4) is 11.5 Å². The number of pyridine rings is 1. The third kappa shape index (κ3) is 5.08. The van der Waals surface area contributed by atoms with E-state index in [9.17, 15) is 0 Å². The fourth-order valence-electron chi connectivity index (χ4n) is 1.94. The van der Waals surface area contributed by atoms with Crippen LogP contribution in [-0.4, -0.2) is 18.1 Å². The van der Waals surface area contributed by atoms with Gasteiger partial charge in [-0.15, -0.1) is 0 Å². The molecule has 21 heavy (non-hydrogen) atoms. The van der Waals surface area contributed by atoms with E-state index in [1.165, 1.54) is 0 Å². The maximum Gasteiger partial charge on any atom is 0.130 e. The Bertz CT molecular complexity index is 558. The lowest BCUT2D eigenvalue weighted by molar-refractivity contribution is 0.295. The number of aromatic nitrogens is 1. The quantitative estimate of drug-likeness (QED) is 0.809. The van der Waals surface area contributed by atoms with E-state index >= 15 is 0 Å². The van der Waals surface area contributed by atoms with Crippen LogP contribution in [-0.2, 0) is 13.2 Å². The molecule has 4 nitrogen and oxygen atoms in total. The van der Waals surface area contributed by atoms with Gasteiger partial charge in [-0.25, -0.2) is 0 Å². The molecule has 0 saturated heterocycles. The molecule has 0 aliphatic carbocycles. The van der Waals surface area contributed by atoms with Crippen molar-refractivity contribution in [1.29, 1.82) is 0 Å². The zero-order chi connectivity index (χ0) is 14.9. The normalized spacial score (nSPS) is 10.4. The van der Waals surface area contributed by atoms with E-state index in [1.54, 1.807) is 0 Å². The van der Waals surface area contributed by atoms with E-state index in [1.807, 2.05) is 49.4 Å². The van der Waals surface area contributed by atoms with Gasteiger partial charge in [-0.05, 0) is 37.7 Å².